The molecule has 0 saturated heterocycles. The summed E-state index contributed by atoms with van der Waals surface area (Å²) >= 11 is 0. The molecule has 3 rings (SSSR count). The standard InChI is InChI=1S/C20H21N5O/c1-13-11-14(2)25(24-13)17-8-6-7-16(12-17)20(21)23-15(3)22-18-9-4-5-10-19(18)26/h4-12,26H,1-3H3,(H2,21,22,23). The van der Waals surface area contributed by atoms with Gasteiger partial charge in [0.2, 0.25) is 0 Å². The number of para-hydroxylation sites is 2. The number of hydrogen-bond acceptors (Lipinski definition) is 3. The van der Waals surface area contributed by atoms with Crippen molar-refractivity contribution in [2.45, 2.75) is 20.8 Å². The minimum absolute atomic E-state index is 0.104. The van der Waals surface area contributed by atoms with Crippen LogP contribution in [0.15, 0.2) is 64.6 Å². The van der Waals surface area contributed by atoms with Crippen molar-refractivity contribution in [3.05, 3.63) is 71.5 Å². The van der Waals surface area contributed by atoms with E-state index in [-0.39, 0.29) is 5.75 Å². The number of nitrogens with two attached hydrogens (primary N) is 1. The van der Waals surface area contributed by atoms with E-state index in [1.807, 2.05) is 48.9 Å². The number of rotatable bonds is 3. The second-order valence-corrected chi connectivity index (χ2v) is 6.03. The van der Waals surface area contributed by atoms with E-state index in [4.69, 9.17) is 5.73 Å². The Labute approximate surface area is 152 Å². The minimum atomic E-state index is 0.104. The second kappa shape index (κ2) is 7.23. The summed E-state index contributed by atoms with van der Waals surface area (Å²) in [6.07, 6.45) is 0. The number of aliphatic imine (C=N–C) groups is 2. The quantitative estimate of drug-likeness (QED) is 0.560. The number of phenols is 1. The topological polar surface area (TPSA) is 88.8 Å². The number of amidine groups is 2. The third-order valence-electron chi connectivity index (χ3n) is 3.84. The summed E-state index contributed by atoms with van der Waals surface area (Å²) in [5.74, 6) is 0.915. The molecule has 0 aliphatic heterocycles. The van der Waals surface area contributed by atoms with Crippen molar-refractivity contribution in [2.75, 3.05) is 0 Å². The zero-order chi connectivity index (χ0) is 18.7. The van der Waals surface area contributed by atoms with E-state index in [9.17, 15) is 5.11 Å². The van der Waals surface area contributed by atoms with Gasteiger partial charge < -0.3 is 10.8 Å². The largest absolute Gasteiger partial charge is 0.506 e. The molecule has 6 nitrogen and oxygen atoms in total. The Balaban J connectivity index is 1.91. The van der Waals surface area contributed by atoms with Gasteiger partial charge in [0.05, 0.1) is 11.4 Å². The molecule has 0 unspecified atom stereocenters. The number of hydrogen-bond donors (Lipinski definition) is 2. The van der Waals surface area contributed by atoms with Crippen molar-refractivity contribution < 1.29 is 5.11 Å². The summed E-state index contributed by atoms with van der Waals surface area (Å²) in [6, 6.07) is 16.6. The molecule has 0 fully saturated rings. The maximum absolute atomic E-state index is 9.80. The molecule has 0 atom stereocenters. The molecule has 0 bridgehead atoms. The Morgan fingerprint density at radius 3 is 2.54 bits per heavy atom. The van der Waals surface area contributed by atoms with E-state index in [0.29, 0.717) is 17.4 Å². The maximum atomic E-state index is 9.80. The molecule has 0 radical (unpaired) electrons. The zero-order valence-corrected chi connectivity index (χ0v) is 15.0. The van der Waals surface area contributed by atoms with Crippen LogP contribution in [0, 0.1) is 13.8 Å². The van der Waals surface area contributed by atoms with Crippen LogP contribution in [0.25, 0.3) is 5.69 Å². The van der Waals surface area contributed by atoms with Crippen molar-refractivity contribution in [3.63, 3.8) is 0 Å². The first-order chi connectivity index (χ1) is 12.4. The molecule has 0 saturated carbocycles. The van der Waals surface area contributed by atoms with Gasteiger partial charge in [0, 0.05) is 11.3 Å². The van der Waals surface area contributed by atoms with Gasteiger partial charge in [-0.15, -0.1) is 0 Å². The van der Waals surface area contributed by atoms with Crippen LogP contribution >= 0.6 is 0 Å². The Kier molecular flexibility index (Phi) is 4.84. The molecule has 6 heteroatoms. The summed E-state index contributed by atoms with van der Waals surface area (Å²) in [5, 5.41) is 14.3. The Morgan fingerprint density at radius 1 is 1.08 bits per heavy atom. The van der Waals surface area contributed by atoms with Gasteiger partial charge in [0.1, 0.15) is 23.1 Å². The van der Waals surface area contributed by atoms with E-state index >= 15 is 0 Å². The molecular formula is C20H21N5O. The number of benzene rings is 2. The lowest BCUT2D eigenvalue weighted by molar-refractivity contribution is 0.477. The van der Waals surface area contributed by atoms with Crippen LogP contribution in [-0.4, -0.2) is 26.6 Å². The predicted molar refractivity (Wildman–Crippen MR) is 105 cm³/mol. The highest BCUT2D eigenvalue weighted by molar-refractivity contribution is 6.05. The normalized spacial score (nSPS) is 12.4. The van der Waals surface area contributed by atoms with E-state index in [1.165, 1.54) is 0 Å². The van der Waals surface area contributed by atoms with E-state index in [1.54, 1.807) is 31.2 Å². The molecule has 1 aromatic heterocycles. The number of aryl methyl sites for hydroxylation is 2. The summed E-state index contributed by atoms with van der Waals surface area (Å²) in [6.45, 7) is 5.71. The average molecular weight is 347 g/mol. The lowest BCUT2D eigenvalue weighted by Crippen LogP contribution is -2.15. The van der Waals surface area contributed by atoms with Gasteiger partial charge in [0.25, 0.3) is 0 Å². The van der Waals surface area contributed by atoms with Crippen molar-refractivity contribution >= 4 is 17.4 Å². The Bertz CT molecular complexity index is 1000. The lowest BCUT2D eigenvalue weighted by Gasteiger charge is -2.07. The van der Waals surface area contributed by atoms with Crippen molar-refractivity contribution in [1.82, 2.24) is 9.78 Å². The first kappa shape index (κ1) is 17.4. The van der Waals surface area contributed by atoms with Crippen molar-refractivity contribution in [1.29, 1.82) is 0 Å². The van der Waals surface area contributed by atoms with Gasteiger partial charge >= 0.3 is 0 Å². The summed E-state index contributed by atoms with van der Waals surface area (Å²) < 4.78 is 1.87. The molecule has 0 aliphatic rings. The summed E-state index contributed by atoms with van der Waals surface area (Å²) in [5.41, 5.74) is 10.3. The fourth-order valence-electron chi connectivity index (χ4n) is 2.68. The third-order valence-corrected chi connectivity index (χ3v) is 3.84. The molecule has 3 N–H and O–H groups in total. The van der Waals surface area contributed by atoms with Gasteiger partial charge in [-0.1, -0.05) is 24.3 Å². The van der Waals surface area contributed by atoms with Crippen LogP contribution in [0.1, 0.15) is 23.9 Å². The molecule has 26 heavy (non-hydrogen) atoms. The molecule has 132 valence electrons. The number of phenolic OH excluding ortho intramolecular Hbond substituents is 1. The van der Waals surface area contributed by atoms with Gasteiger partial charge in [-0.2, -0.15) is 5.10 Å². The molecule has 1 heterocycles. The molecule has 0 spiro atoms. The first-order valence-electron chi connectivity index (χ1n) is 8.25. The Morgan fingerprint density at radius 2 is 1.85 bits per heavy atom. The molecule has 2 aromatic carbocycles. The first-order valence-corrected chi connectivity index (χ1v) is 8.25. The monoisotopic (exact) mass is 347 g/mol. The van der Waals surface area contributed by atoms with E-state index in [2.05, 4.69) is 15.1 Å². The third kappa shape index (κ3) is 3.80. The fourth-order valence-corrected chi connectivity index (χ4v) is 2.68. The molecule has 0 aliphatic carbocycles. The van der Waals surface area contributed by atoms with Gasteiger partial charge in [0.15, 0.2) is 0 Å². The van der Waals surface area contributed by atoms with Crippen LogP contribution in [0.3, 0.4) is 0 Å². The molecular weight excluding hydrogens is 326 g/mol. The average Bonchev–Trinajstić information content (AvgIpc) is 2.95. The minimum Gasteiger partial charge on any atom is -0.506 e. The highest BCUT2D eigenvalue weighted by Crippen LogP contribution is 2.25. The highest BCUT2D eigenvalue weighted by atomic mass is 16.3. The van der Waals surface area contributed by atoms with Crippen LogP contribution < -0.4 is 5.73 Å². The molecule has 0 amide bonds. The van der Waals surface area contributed by atoms with Gasteiger partial charge in [-0.05, 0) is 51.1 Å². The fraction of sp³-hybridized carbons (Fsp3) is 0.150. The Hall–Kier alpha value is -3.41. The lowest BCUT2D eigenvalue weighted by atomic mass is 10.2. The van der Waals surface area contributed by atoms with Crippen molar-refractivity contribution in [2.24, 2.45) is 15.7 Å². The summed E-state index contributed by atoms with van der Waals surface area (Å²) in [7, 11) is 0. The van der Waals surface area contributed by atoms with Crippen LogP contribution in [0.5, 0.6) is 5.75 Å². The van der Waals surface area contributed by atoms with E-state index < -0.39 is 0 Å². The van der Waals surface area contributed by atoms with E-state index in [0.717, 1.165) is 22.6 Å². The SMILES string of the molecule is CC(=Nc1ccccc1O)N=C(N)c1cccc(-n2nc(C)cc2C)c1. The predicted octanol–water partition coefficient (Wildman–Crippen LogP) is 3.65. The van der Waals surface area contributed by atoms with Crippen LogP contribution in [0.4, 0.5) is 5.69 Å². The zero-order valence-electron chi connectivity index (χ0n) is 15.0. The smallest absolute Gasteiger partial charge is 0.141 e. The summed E-state index contributed by atoms with van der Waals surface area (Å²) in [4.78, 5) is 8.65. The van der Waals surface area contributed by atoms with Crippen molar-refractivity contribution in [3.8, 4) is 11.4 Å². The van der Waals surface area contributed by atoms with Gasteiger partial charge in [-0.25, -0.2) is 14.7 Å². The van der Waals surface area contributed by atoms with Gasteiger partial charge in [-0.3, -0.25) is 0 Å². The number of aromatic nitrogens is 2. The highest BCUT2D eigenvalue weighted by Gasteiger charge is 2.07. The number of nitrogens with zero attached hydrogens (tertiary/aromatic N) is 4. The maximum Gasteiger partial charge on any atom is 0.141 e. The van der Waals surface area contributed by atoms with Crippen LogP contribution in [-0.2, 0) is 0 Å². The second-order valence-electron chi connectivity index (χ2n) is 6.03. The number of aromatic hydroxyl groups is 1. The molecule has 3 aromatic rings. The van der Waals surface area contributed by atoms with Crippen LogP contribution in [0.2, 0.25) is 0 Å².